The molecule has 1 aliphatic rings. The number of hydrogen-bond donors (Lipinski definition) is 1. The Morgan fingerprint density at radius 3 is 2.25 bits per heavy atom. The first-order valence-corrected chi connectivity index (χ1v) is 9.41. The molecule has 3 heteroatoms. The van der Waals surface area contributed by atoms with Gasteiger partial charge >= 0.3 is 0 Å². The number of hydrogen-bond acceptors (Lipinski definition) is 2. The number of nitrogens with zero attached hydrogens (tertiary/aromatic N) is 1. The minimum atomic E-state index is 0.0735. The van der Waals surface area contributed by atoms with E-state index in [-0.39, 0.29) is 23.3 Å². The molecule has 1 fully saturated rings. The van der Waals surface area contributed by atoms with Crippen LogP contribution in [0.5, 0.6) is 0 Å². The van der Waals surface area contributed by atoms with E-state index in [1.807, 2.05) is 4.90 Å². The summed E-state index contributed by atoms with van der Waals surface area (Å²) in [6.45, 7) is 12.4. The number of carbonyl (C=O) groups excluding carboxylic acids is 1. The lowest BCUT2D eigenvalue weighted by Gasteiger charge is -2.38. The minimum Gasteiger partial charge on any atom is -0.340 e. The summed E-state index contributed by atoms with van der Waals surface area (Å²) >= 11 is 0. The third-order valence-corrected chi connectivity index (χ3v) is 5.38. The van der Waals surface area contributed by atoms with E-state index in [1.54, 1.807) is 0 Å². The standard InChI is InChI=1S/C21H34N2O/c1-6-15(7-2)20(24)23-13-17(12-19(22)14-23)16-8-10-18(11-9-16)21(3,4)5/h8-11,15,17,19H,6-7,12-14,22H2,1-5H3. The number of carbonyl (C=O) groups is 1. The molecule has 1 saturated heterocycles. The quantitative estimate of drug-likeness (QED) is 0.905. The van der Waals surface area contributed by atoms with Gasteiger partial charge in [0.05, 0.1) is 0 Å². The highest BCUT2D eigenvalue weighted by atomic mass is 16.2. The van der Waals surface area contributed by atoms with Crippen molar-refractivity contribution in [1.29, 1.82) is 0 Å². The average molecular weight is 331 g/mol. The van der Waals surface area contributed by atoms with E-state index in [0.717, 1.165) is 25.8 Å². The lowest BCUT2D eigenvalue weighted by atomic mass is 9.83. The summed E-state index contributed by atoms with van der Waals surface area (Å²) in [4.78, 5) is 14.7. The zero-order chi connectivity index (χ0) is 17.9. The van der Waals surface area contributed by atoms with Crippen molar-refractivity contribution >= 4 is 5.91 Å². The first kappa shape index (κ1) is 19.0. The van der Waals surface area contributed by atoms with E-state index in [9.17, 15) is 4.79 Å². The van der Waals surface area contributed by atoms with Crippen LogP contribution in [-0.4, -0.2) is 29.9 Å². The van der Waals surface area contributed by atoms with Crippen molar-refractivity contribution in [3.05, 3.63) is 35.4 Å². The number of rotatable bonds is 4. The second kappa shape index (κ2) is 7.69. The maximum atomic E-state index is 12.7. The Morgan fingerprint density at radius 1 is 1.17 bits per heavy atom. The minimum absolute atomic E-state index is 0.0735. The molecule has 134 valence electrons. The summed E-state index contributed by atoms with van der Waals surface area (Å²) in [6, 6.07) is 8.97. The van der Waals surface area contributed by atoms with E-state index in [0.29, 0.717) is 12.5 Å². The van der Waals surface area contributed by atoms with Gasteiger partial charge in [-0.1, -0.05) is 58.9 Å². The van der Waals surface area contributed by atoms with E-state index < -0.39 is 0 Å². The number of nitrogens with two attached hydrogens (primary N) is 1. The molecule has 0 aliphatic carbocycles. The van der Waals surface area contributed by atoms with Crippen LogP contribution < -0.4 is 5.73 Å². The molecule has 2 N–H and O–H groups in total. The molecule has 1 heterocycles. The summed E-state index contributed by atoms with van der Waals surface area (Å²) in [5, 5.41) is 0. The fourth-order valence-electron chi connectivity index (χ4n) is 3.71. The molecule has 2 rings (SSSR count). The van der Waals surface area contributed by atoms with Gasteiger partial charge in [0.15, 0.2) is 0 Å². The van der Waals surface area contributed by atoms with Crippen LogP contribution in [0.4, 0.5) is 0 Å². The highest BCUT2D eigenvalue weighted by Gasteiger charge is 2.31. The monoisotopic (exact) mass is 330 g/mol. The fraction of sp³-hybridized carbons (Fsp3) is 0.667. The highest BCUT2D eigenvalue weighted by Crippen LogP contribution is 2.30. The van der Waals surface area contributed by atoms with Crippen molar-refractivity contribution in [2.75, 3.05) is 13.1 Å². The molecular formula is C21H34N2O. The van der Waals surface area contributed by atoms with Gasteiger partial charge in [-0.2, -0.15) is 0 Å². The average Bonchev–Trinajstić information content (AvgIpc) is 2.54. The predicted octanol–water partition coefficient (Wildman–Crippen LogP) is 4.06. The Morgan fingerprint density at radius 2 is 1.75 bits per heavy atom. The van der Waals surface area contributed by atoms with Gasteiger partial charge in [0.25, 0.3) is 0 Å². The Balaban J connectivity index is 2.14. The van der Waals surface area contributed by atoms with E-state index >= 15 is 0 Å². The maximum Gasteiger partial charge on any atom is 0.225 e. The third kappa shape index (κ3) is 4.38. The zero-order valence-corrected chi connectivity index (χ0v) is 16.0. The summed E-state index contributed by atoms with van der Waals surface area (Å²) in [5.74, 6) is 0.770. The van der Waals surface area contributed by atoms with Crippen molar-refractivity contribution in [2.45, 2.75) is 71.3 Å². The van der Waals surface area contributed by atoms with E-state index in [2.05, 4.69) is 58.9 Å². The summed E-state index contributed by atoms with van der Waals surface area (Å²) in [5.41, 5.74) is 9.09. The van der Waals surface area contributed by atoms with Gasteiger partial charge in [0.2, 0.25) is 5.91 Å². The smallest absolute Gasteiger partial charge is 0.225 e. The van der Waals surface area contributed by atoms with Crippen molar-refractivity contribution < 1.29 is 4.79 Å². The Labute approximate surface area is 147 Å². The van der Waals surface area contributed by atoms with Crippen LogP contribution in [0.2, 0.25) is 0 Å². The van der Waals surface area contributed by atoms with Gasteiger partial charge in [-0.15, -0.1) is 0 Å². The number of amides is 1. The first-order valence-electron chi connectivity index (χ1n) is 9.41. The Hall–Kier alpha value is -1.35. The van der Waals surface area contributed by atoms with E-state index in [4.69, 9.17) is 5.73 Å². The van der Waals surface area contributed by atoms with Gasteiger partial charge in [0.1, 0.15) is 0 Å². The first-order chi connectivity index (χ1) is 11.3. The molecule has 1 aliphatic heterocycles. The van der Waals surface area contributed by atoms with Gasteiger partial charge in [-0.3, -0.25) is 4.79 Å². The Bertz CT molecular complexity index is 540. The molecule has 0 saturated carbocycles. The second-order valence-electron chi connectivity index (χ2n) is 8.32. The largest absolute Gasteiger partial charge is 0.340 e. The Kier molecular flexibility index (Phi) is 6.08. The lowest BCUT2D eigenvalue weighted by molar-refractivity contribution is -0.137. The third-order valence-electron chi connectivity index (χ3n) is 5.38. The zero-order valence-electron chi connectivity index (χ0n) is 16.0. The molecule has 2 unspecified atom stereocenters. The van der Waals surface area contributed by atoms with Crippen molar-refractivity contribution in [1.82, 2.24) is 4.90 Å². The lowest BCUT2D eigenvalue weighted by Crippen LogP contribution is -2.50. The number of piperidine rings is 1. The molecule has 1 aromatic rings. The van der Waals surface area contributed by atoms with Crippen LogP contribution in [-0.2, 0) is 10.2 Å². The second-order valence-corrected chi connectivity index (χ2v) is 8.32. The molecule has 24 heavy (non-hydrogen) atoms. The van der Waals surface area contributed by atoms with Crippen molar-refractivity contribution in [2.24, 2.45) is 11.7 Å². The fourth-order valence-corrected chi connectivity index (χ4v) is 3.71. The highest BCUT2D eigenvalue weighted by molar-refractivity contribution is 5.79. The van der Waals surface area contributed by atoms with Gasteiger partial charge in [-0.25, -0.2) is 0 Å². The maximum absolute atomic E-state index is 12.7. The van der Waals surface area contributed by atoms with Crippen molar-refractivity contribution in [3.63, 3.8) is 0 Å². The van der Waals surface area contributed by atoms with Crippen LogP contribution >= 0.6 is 0 Å². The van der Waals surface area contributed by atoms with Crippen LogP contribution in [0.25, 0.3) is 0 Å². The van der Waals surface area contributed by atoms with Gasteiger partial charge in [0, 0.05) is 31.0 Å². The van der Waals surface area contributed by atoms with Crippen LogP contribution in [0.15, 0.2) is 24.3 Å². The molecule has 0 spiro atoms. The molecule has 2 atom stereocenters. The van der Waals surface area contributed by atoms with Crippen LogP contribution in [0.3, 0.4) is 0 Å². The normalized spacial score (nSPS) is 22.0. The predicted molar refractivity (Wildman–Crippen MR) is 101 cm³/mol. The molecule has 3 nitrogen and oxygen atoms in total. The van der Waals surface area contributed by atoms with Crippen LogP contribution in [0, 0.1) is 5.92 Å². The molecule has 1 amide bonds. The van der Waals surface area contributed by atoms with Crippen molar-refractivity contribution in [3.8, 4) is 0 Å². The molecule has 0 bridgehead atoms. The topological polar surface area (TPSA) is 46.3 Å². The molecule has 0 radical (unpaired) electrons. The van der Waals surface area contributed by atoms with Gasteiger partial charge in [-0.05, 0) is 35.8 Å². The molecule has 1 aromatic carbocycles. The molecular weight excluding hydrogens is 296 g/mol. The van der Waals surface area contributed by atoms with Crippen LogP contribution in [0.1, 0.15) is 70.9 Å². The summed E-state index contributed by atoms with van der Waals surface area (Å²) in [6.07, 6.45) is 2.78. The molecule has 0 aromatic heterocycles. The summed E-state index contributed by atoms with van der Waals surface area (Å²) in [7, 11) is 0. The number of likely N-dealkylation sites (tertiary alicyclic amines) is 1. The van der Waals surface area contributed by atoms with Gasteiger partial charge < -0.3 is 10.6 Å². The summed E-state index contributed by atoms with van der Waals surface area (Å²) < 4.78 is 0. The number of benzene rings is 1. The van der Waals surface area contributed by atoms with E-state index in [1.165, 1.54) is 11.1 Å². The SMILES string of the molecule is CCC(CC)C(=O)N1CC(N)CC(c2ccc(C(C)(C)C)cc2)C1.